The van der Waals surface area contributed by atoms with Gasteiger partial charge < -0.3 is 4.74 Å². The second-order valence-corrected chi connectivity index (χ2v) is 4.82. The fourth-order valence-electron chi connectivity index (χ4n) is 1.89. The van der Waals surface area contributed by atoms with Gasteiger partial charge in [-0.15, -0.1) is 0 Å². The molecular weight excluding hydrogens is 286 g/mol. The van der Waals surface area contributed by atoms with E-state index in [1.54, 1.807) is 24.5 Å². The van der Waals surface area contributed by atoms with Gasteiger partial charge in [-0.3, -0.25) is 4.98 Å². The van der Waals surface area contributed by atoms with Crippen LogP contribution in [0.25, 0.3) is 11.4 Å². The molecule has 0 atom stereocenters. The molecule has 0 saturated heterocycles. The molecule has 0 bridgehead atoms. The summed E-state index contributed by atoms with van der Waals surface area (Å²) in [4.78, 5) is 12.8. The van der Waals surface area contributed by atoms with Crippen molar-refractivity contribution in [2.75, 3.05) is 0 Å². The molecule has 0 spiro atoms. The minimum atomic E-state index is 0.381. The molecule has 3 aromatic rings. The Labute approximate surface area is 127 Å². The zero-order chi connectivity index (χ0) is 14.7. The van der Waals surface area contributed by atoms with Gasteiger partial charge in [0, 0.05) is 24.2 Å². The molecule has 0 fully saturated rings. The summed E-state index contributed by atoms with van der Waals surface area (Å²) in [5.74, 6) is 1.24. The zero-order valence-corrected chi connectivity index (χ0v) is 12.1. The van der Waals surface area contributed by atoms with E-state index >= 15 is 0 Å². The van der Waals surface area contributed by atoms with Gasteiger partial charge in [0.2, 0.25) is 0 Å². The monoisotopic (exact) mass is 297 g/mol. The van der Waals surface area contributed by atoms with E-state index in [-0.39, 0.29) is 0 Å². The molecule has 104 valence electrons. The third-order valence-electron chi connectivity index (χ3n) is 2.83. The predicted molar refractivity (Wildman–Crippen MR) is 81.5 cm³/mol. The number of nitrogens with zero attached hydrogens (tertiary/aromatic N) is 3. The van der Waals surface area contributed by atoms with E-state index in [1.165, 1.54) is 0 Å². The topological polar surface area (TPSA) is 47.9 Å². The van der Waals surface area contributed by atoms with E-state index < -0.39 is 0 Å². The molecule has 0 aliphatic heterocycles. The standard InChI is InChI=1S/C16H12ClN3O/c1-11-5-6-14(21-12-7-9-19-15(17)10-12)16(20-11)13-4-2-3-8-18-13/h2-10H,1H3. The molecule has 4 nitrogen and oxygen atoms in total. The van der Waals surface area contributed by atoms with E-state index in [4.69, 9.17) is 16.3 Å². The Hall–Kier alpha value is -2.46. The van der Waals surface area contributed by atoms with Crippen molar-refractivity contribution >= 4 is 11.6 Å². The molecule has 5 heteroatoms. The average molecular weight is 298 g/mol. The molecular formula is C16H12ClN3O. The quantitative estimate of drug-likeness (QED) is 0.677. The summed E-state index contributed by atoms with van der Waals surface area (Å²) in [5, 5.41) is 0.381. The van der Waals surface area contributed by atoms with Crippen molar-refractivity contribution in [2.45, 2.75) is 6.92 Å². The normalized spacial score (nSPS) is 10.4. The van der Waals surface area contributed by atoms with E-state index in [0.717, 1.165) is 11.4 Å². The van der Waals surface area contributed by atoms with Crippen LogP contribution >= 0.6 is 11.6 Å². The van der Waals surface area contributed by atoms with Crippen molar-refractivity contribution in [3.8, 4) is 22.9 Å². The van der Waals surface area contributed by atoms with Gasteiger partial charge in [-0.2, -0.15) is 0 Å². The number of rotatable bonds is 3. The predicted octanol–water partition coefficient (Wildman–Crippen LogP) is 4.29. The van der Waals surface area contributed by atoms with E-state index in [9.17, 15) is 0 Å². The summed E-state index contributed by atoms with van der Waals surface area (Å²) >= 11 is 5.87. The second kappa shape index (κ2) is 5.89. The molecule has 0 unspecified atom stereocenters. The SMILES string of the molecule is Cc1ccc(Oc2ccnc(Cl)c2)c(-c2ccccn2)n1. The smallest absolute Gasteiger partial charge is 0.155 e. The molecule has 21 heavy (non-hydrogen) atoms. The van der Waals surface area contributed by atoms with Crippen LogP contribution < -0.4 is 4.74 Å². The lowest BCUT2D eigenvalue weighted by atomic mass is 10.2. The first kappa shape index (κ1) is 13.5. The summed E-state index contributed by atoms with van der Waals surface area (Å²) in [6, 6.07) is 12.8. The Balaban J connectivity index is 2.03. The highest BCUT2D eigenvalue weighted by Crippen LogP contribution is 2.31. The number of hydrogen-bond donors (Lipinski definition) is 0. The third-order valence-corrected chi connectivity index (χ3v) is 3.04. The molecule has 0 radical (unpaired) electrons. The highest BCUT2D eigenvalue weighted by molar-refractivity contribution is 6.29. The van der Waals surface area contributed by atoms with Gasteiger partial charge >= 0.3 is 0 Å². The zero-order valence-electron chi connectivity index (χ0n) is 11.3. The first-order chi connectivity index (χ1) is 10.2. The lowest BCUT2D eigenvalue weighted by molar-refractivity contribution is 0.481. The maximum absolute atomic E-state index is 5.87. The number of halogens is 1. The van der Waals surface area contributed by atoms with Crippen LogP contribution in [-0.2, 0) is 0 Å². The average Bonchev–Trinajstić information content (AvgIpc) is 2.50. The van der Waals surface area contributed by atoms with Crippen molar-refractivity contribution in [1.29, 1.82) is 0 Å². The first-order valence-electron chi connectivity index (χ1n) is 6.41. The van der Waals surface area contributed by atoms with Crippen LogP contribution in [0.3, 0.4) is 0 Å². The summed E-state index contributed by atoms with van der Waals surface area (Å²) in [7, 11) is 0. The van der Waals surface area contributed by atoms with Crippen LogP contribution in [0.1, 0.15) is 5.69 Å². The first-order valence-corrected chi connectivity index (χ1v) is 6.78. The largest absolute Gasteiger partial charge is 0.455 e. The van der Waals surface area contributed by atoms with Crippen LogP contribution in [0.15, 0.2) is 54.9 Å². The second-order valence-electron chi connectivity index (χ2n) is 4.43. The molecule has 0 amide bonds. The van der Waals surface area contributed by atoms with Gasteiger partial charge in [-0.1, -0.05) is 17.7 Å². The summed E-state index contributed by atoms with van der Waals surface area (Å²) in [5.41, 5.74) is 2.36. The molecule has 0 N–H and O–H groups in total. The maximum Gasteiger partial charge on any atom is 0.155 e. The van der Waals surface area contributed by atoms with Crippen LogP contribution in [0.2, 0.25) is 5.15 Å². The fourth-order valence-corrected chi connectivity index (χ4v) is 2.05. The highest BCUT2D eigenvalue weighted by Gasteiger charge is 2.11. The van der Waals surface area contributed by atoms with Gasteiger partial charge in [0.15, 0.2) is 5.75 Å². The molecule has 3 aromatic heterocycles. The number of aryl methyl sites for hydroxylation is 1. The fraction of sp³-hybridized carbons (Fsp3) is 0.0625. The van der Waals surface area contributed by atoms with Crippen molar-refractivity contribution < 1.29 is 4.74 Å². The third kappa shape index (κ3) is 3.17. The van der Waals surface area contributed by atoms with Gasteiger partial charge in [0.1, 0.15) is 16.6 Å². The number of hydrogen-bond acceptors (Lipinski definition) is 4. The Kier molecular flexibility index (Phi) is 3.79. The molecule has 3 heterocycles. The lowest BCUT2D eigenvalue weighted by Crippen LogP contribution is -1.95. The van der Waals surface area contributed by atoms with Crippen molar-refractivity contribution in [2.24, 2.45) is 0 Å². The molecule has 3 rings (SSSR count). The van der Waals surface area contributed by atoms with Gasteiger partial charge in [0.25, 0.3) is 0 Å². The van der Waals surface area contributed by atoms with Gasteiger partial charge in [-0.25, -0.2) is 9.97 Å². The van der Waals surface area contributed by atoms with Crippen LogP contribution in [0.5, 0.6) is 11.5 Å². The minimum absolute atomic E-state index is 0.381. The van der Waals surface area contributed by atoms with Gasteiger partial charge in [0.05, 0.1) is 5.69 Å². The van der Waals surface area contributed by atoms with Crippen LogP contribution in [0, 0.1) is 6.92 Å². The maximum atomic E-state index is 5.87. The van der Waals surface area contributed by atoms with E-state index in [0.29, 0.717) is 22.3 Å². The highest BCUT2D eigenvalue weighted by atomic mass is 35.5. The van der Waals surface area contributed by atoms with Crippen molar-refractivity contribution in [3.05, 3.63) is 65.7 Å². The number of aromatic nitrogens is 3. The van der Waals surface area contributed by atoms with Crippen LogP contribution in [-0.4, -0.2) is 15.0 Å². The Bertz CT molecular complexity index is 762. The summed E-state index contributed by atoms with van der Waals surface area (Å²) < 4.78 is 5.87. The minimum Gasteiger partial charge on any atom is -0.455 e. The van der Waals surface area contributed by atoms with Gasteiger partial charge in [-0.05, 0) is 37.3 Å². The Morgan fingerprint density at radius 1 is 1.00 bits per heavy atom. The number of pyridine rings is 3. The Morgan fingerprint density at radius 2 is 1.90 bits per heavy atom. The Morgan fingerprint density at radius 3 is 2.67 bits per heavy atom. The summed E-state index contributed by atoms with van der Waals surface area (Å²) in [6.07, 6.45) is 3.33. The van der Waals surface area contributed by atoms with E-state index in [2.05, 4.69) is 15.0 Å². The number of ether oxygens (including phenoxy) is 1. The van der Waals surface area contributed by atoms with Crippen LogP contribution in [0.4, 0.5) is 0 Å². The van der Waals surface area contributed by atoms with E-state index in [1.807, 2.05) is 37.3 Å². The lowest BCUT2D eigenvalue weighted by Gasteiger charge is -2.10. The molecule has 0 aliphatic carbocycles. The molecule has 0 aliphatic rings. The molecule has 0 aromatic carbocycles. The summed E-state index contributed by atoms with van der Waals surface area (Å²) in [6.45, 7) is 1.93. The van der Waals surface area contributed by atoms with Crippen molar-refractivity contribution in [1.82, 2.24) is 15.0 Å². The molecule has 0 saturated carbocycles. The van der Waals surface area contributed by atoms with Crippen molar-refractivity contribution in [3.63, 3.8) is 0 Å².